The Kier molecular flexibility index (Phi) is 3.87. The average molecular weight is 392 g/mol. The smallest absolute Gasteiger partial charge is 0.0573 e. The van der Waals surface area contributed by atoms with Gasteiger partial charge in [-0.1, -0.05) is 56.1 Å². The number of rotatable bonds is 2. The number of nitrogens with zero attached hydrogens (tertiary/aromatic N) is 1. The molecule has 2 aromatic carbocycles. The fourth-order valence-electron chi connectivity index (χ4n) is 2.32. The summed E-state index contributed by atoms with van der Waals surface area (Å²) in [6.45, 7) is 0. The fraction of sp³-hybridized carbons (Fsp3) is 0.0625. The predicted octanol–water partition coefficient (Wildman–Crippen LogP) is 4.81. The summed E-state index contributed by atoms with van der Waals surface area (Å²) in [4.78, 5) is 4.30. The second-order valence-electron chi connectivity index (χ2n) is 4.63. The number of nitrogens with two attached hydrogens (primary N) is 1. The van der Waals surface area contributed by atoms with Gasteiger partial charge in [0.05, 0.1) is 6.04 Å². The quantitative estimate of drug-likeness (QED) is 0.680. The van der Waals surface area contributed by atoms with Crippen LogP contribution in [0.3, 0.4) is 0 Å². The van der Waals surface area contributed by atoms with Crippen molar-refractivity contribution in [3.63, 3.8) is 0 Å². The lowest BCUT2D eigenvalue weighted by Crippen LogP contribution is -2.12. The topological polar surface area (TPSA) is 38.9 Å². The van der Waals surface area contributed by atoms with E-state index in [0.29, 0.717) is 0 Å². The molecule has 0 aliphatic rings. The van der Waals surface area contributed by atoms with Crippen LogP contribution in [0, 0.1) is 0 Å². The number of hydrogen-bond acceptors (Lipinski definition) is 2. The number of fused-ring (bicyclic) bond motifs is 1. The van der Waals surface area contributed by atoms with Gasteiger partial charge in [-0.05, 0) is 34.7 Å². The SMILES string of the molecule is NC(c1cc(Br)cc(Br)c1)c1cncc2ccccc12. The molecule has 0 saturated heterocycles. The van der Waals surface area contributed by atoms with E-state index in [-0.39, 0.29) is 6.04 Å². The first-order valence-electron chi connectivity index (χ1n) is 6.19. The molecule has 2 N–H and O–H groups in total. The zero-order valence-corrected chi connectivity index (χ0v) is 13.7. The Morgan fingerprint density at radius 1 is 0.950 bits per heavy atom. The molecule has 20 heavy (non-hydrogen) atoms. The maximum Gasteiger partial charge on any atom is 0.0573 e. The van der Waals surface area contributed by atoms with Gasteiger partial charge in [0.2, 0.25) is 0 Å². The summed E-state index contributed by atoms with van der Waals surface area (Å²) in [5, 5.41) is 2.25. The van der Waals surface area contributed by atoms with E-state index in [9.17, 15) is 0 Å². The summed E-state index contributed by atoms with van der Waals surface area (Å²) in [5.74, 6) is 0. The van der Waals surface area contributed by atoms with E-state index < -0.39 is 0 Å². The molecule has 3 aromatic rings. The molecule has 0 fully saturated rings. The Morgan fingerprint density at radius 2 is 1.65 bits per heavy atom. The molecule has 4 heteroatoms. The molecule has 0 aliphatic heterocycles. The molecule has 0 bridgehead atoms. The molecule has 0 radical (unpaired) electrons. The predicted molar refractivity (Wildman–Crippen MR) is 89.6 cm³/mol. The number of pyridine rings is 1. The molecule has 1 unspecified atom stereocenters. The van der Waals surface area contributed by atoms with Crippen molar-refractivity contribution in [3.05, 3.63) is 74.9 Å². The van der Waals surface area contributed by atoms with Gasteiger partial charge in [0.1, 0.15) is 0 Å². The molecular formula is C16H12Br2N2. The van der Waals surface area contributed by atoms with Crippen LogP contribution in [0.5, 0.6) is 0 Å². The van der Waals surface area contributed by atoms with E-state index >= 15 is 0 Å². The van der Waals surface area contributed by atoms with Crippen molar-refractivity contribution in [2.75, 3.05) is 0 Å². The zero-order chi connectivity index (χ0) is 14.1. The van der Waals surface area contributed by atoms with Gasteiger partial charge >= 0.3 is 0 Å². The summed E-state index contributed by atoms with van der Waals surface area (Å²) in [7, 11) is 0. The van der Waals surface area contributed by atoms with Crippen LogP contribution in [0.4, 0.5) is 0 Å². The Labute approximate surface area is 134 Å². The van der Waals surface area contributed by atoms with Crippen molar-refractivity contribution in [1.29, 1.82) is 0 Å². The molecular weight excluding hydrogens is 380 g/mol. The van der Waals surface area contributed by atoms with Gasteiger partial charge in [0.15, 0.2) is 0 Å². The molecule has 2 nitrogen and oxygen atoms in total. The Balaban J connectivity index is 2.15. The van der Waals surface area contributed by atoms with Gasteiger partial charge in [-0.2, -0.15) is 0 Å². The lowest BCUT2D eigenvalue weighted by molar-refractivity contribution is 0.871. The Morgan fingerprint density at radius 3 is 2.40 bits per heavy atom. The Bertz CT molecular complexity index is 746. The summed E-state index contributed by atoms with van der Waals surface area (Å²) < 4.78 is 2.01. The molecule has 0 saturated carbocycles. The molecule has 0 spiro atoms. The second kappa shape index (κ2) is 5.64. The lowest BCUT2D eigenvalue weighted by atomic mass is 9.96. The number of benzene rings is 2. The second-order valence-corrected chi connectivity index (χ2v) is 6.46. The average Bonchev–Trinajstić information content (AvgIpc) is 2.45. The maximum atomic E-state index is 6.44. The number of halogens is 2. The molecule has 1 heterocycles. The van der Waals surface area contributed by atoms with Gasteiger partial charge in [-0.3, -0.25) is 4.98 Å². The summed E-state index contributed by atoms with van der Waals surface area (Å²) in [5.41, 5.74) is 8.52. The van der Waals surface area contributed by atoms with E-state index in [4.69, 9.17) is 5.73 Å². The summed E-state index contributed by atoms with van der Waals surface area (Å²) in [6, 6.07) is 14.0. The van der Waals surface area contributed by atoms with E-state index in [1.165, 1.54) is 0 Å². The highest BCUT2D eigenvalue weighted by Gasteiger charge is 2.13. The van der Waals surface area contributed by atoms with E-state index in [0.717, 1.165) is 30.8 Å². The minimum atomic E-state index is -0.206. The fourth-order valence-corrected chi connectivity index (χ4v) is 3.65. The minimum absolute atomic E-state index is 0.206. The van der Waals surface area contributed by atoms with E-state index in [2.05, 4.69) is 49.0 Å². The maximum absolute atomic E-state index is 6.44. The molecule has 0 amide bonds. The van der Waals surface area contributed by atoms with E-state index in [1.54, 1.807) is 0 Å². The third-order valence-corrected chi connectivity index (χ3v) is 4.19. The van der Waals surface area contributed by atoms with Gasteiger partial charge in [0, 0.05) is 26.7 Å². The first kappa shape index (κ1) is 13.7. The third kappa shape index (κ3) is 2.64. The van der Waals surface area contributed by atoms with Crippen molar-refractivity contribution in [2.45, 2.75) is 6.04 Å². The first-order chi connectivity index (χ1) is 9.65. The van der Waals surface area contributed by atoms with Crippen LogP contribution < -0.4 is 5.73 Å². The van der Waals surface area contributed by atoms with Crippen LogP contribution in [0.2, 0.25) is 0 Å². The van der Waals surface area contributed by atoms with Gasteiger partial charge < -0.3 is 5.73 Å². The molecule has 1 atom stereocenters. The van der Waals surface area contributed by atoms with E-state index in [1.807, 2.05) is 42.7 Å². The minimum Gasteiger partial charge on any atom is -0.320 e. The standard InChI is InChI=1S/C16H12Br2N2/c17-12-5-11(6-13(18)7-12)16(19)15-9-20-8-10-3-1-2-4-14(10)15/h1-9,16H,19H2. The molecule has 0 aliphatic carbocycles. The molecule has 100 valence electrons. The summed E-state index contributed by atoms with van der Waals surface area (Å²) in [6.07, 6.45) is 3.71. The number of hydrogen-bond donors (Lipinski definition) is 1. The van der Waals surface area contributed by atoms with Gasteiger partial charge in [-0.15, -0.1) is 0 Å². The van der Waals surface area contributed by atoms with Crippen molar-refractivity contribution >= 4 is 42.6 Å². The van der Waals surface area contributed by atoms with Crippen molar-refractivity contribution in [2.24, 2.45) is 5.73 Å². The lowest BCUT2D eigenvalue weighted by Gasteiger charge is -2.15. The van der Waals surface area contributed by atoms with Crippen LogP contribution in [-0.2, 0) is 0 Å². The van der Waals surface area contributed by atoms with Crippen LogP contribution in [0.15, 0.2) is 63.8 Å². The number of aromatic nitrogens is 1. The molecule has 3 rings (SSSR count). The molecule has 1 aromatic heterocycles. The van der Waals surface area contributed by atoms with Crippen LogP contribution in [0.25, 0.3) is 10.8 Å². The van der Waals surface area contributed by atoms with Crippen molar-refractivity contribution in [3.8, 4) is 0 Å². The van der Waals surface area contributed by atoms with Gasteiger partial charge in [-0.25, -0.2) is 0 Å². The Hall–Kier alpha value is -1.23. The highest BCUT2D eigenvalue weighted by Crippen LogP contribution is 2.30. The highest BCUT2D eigenvalue weighted by atomic mass is 79.9. The largest absolute Gasteiger partial charge is 0.320 e. The van der Waals surface area contributed by atoms with Crippen molar-refractivity contribution in [1.82, 2.24) is 4.98 Å². The normalized spacial score (nSPS) is 12.6. The summed E-state index contributed by atoms with van der Waals surface area (Å²) >= 11 is 7.00. The third-order valence-electron chi connectivity index (χ3n) is 3.28. The van der Waals surface area contributed by atoms with Crippen LogP contribution >= 0.6 is 31.9 Å². The van der Waals surface area contributed by atoms with Gasteiger partial charge in [0.25, 0.3) is 0 Å². The van der Waals surface area contributed by atoms with Crippen LogP contribution in [-0.4, -0.2) is 4.98 Å². The highest BCUT2D eigenvalue weighted by molar-refractivity contribution is 9.11. The zero-order valence-electron chi connectivity index (χ0n) is 10.6. The monoisotopic (exact) mass is 390 g/mol. The van der Waals surface area contributed by atoms with Crippen LogP contribution in [0.1, 0.15) is 17.2 Å². The first-order valence-corrected chi connectivity index (χ1v) is 7.78. The van der Waals surface area contributed by atoms with Crippen molar-refractivity contribution < 1.29 is 0 Å².